The Morgan fingerprint density at radius 3 is 2.67 bits per heavy atom. The van der Waals surface area contributed by atoms with Crippen molar-refractivity contribution in [2.24, 2.45) is 5.16 Å². The number of piperidine rings is 1. The Morgan fingerprint density at radius 2 is 2.00 bits per heavy atom. The third kappa shape index (κ3) is 4.47. The minimum Gasteiger partial charge on any atom is -0.464 e. The zero-order chi connectivity index (χ0) is 19.4. The number of likely N-dealkylation sites (N-methyl/N-ethyl adjacent to an activating group) is 1. The van der Waals surface area contributed by atoms with Gasteiger partial charge < -0.3 is 14.5 Å². The monoisotopic (exact) mass is 373 g/mol. The number of aryl methyl sites for hydroxylation is 1. The molecule has 1 spiro atoms. The molecule has 0 unspecified atom stereocenters. The molecule has 146 valence electrons. The van der Waals surface area contributed by atoms with Crippen LogP contribution in [-0.4, -0.2) is 66.8 Å². The zero-order valence-electron chi connectivity index (χ0n) is 16.2. The quantitative estimate of drug-likeness (QED) is 0.735. The van der Waals surface area contributed by atoms with E-state index in [-0.39, 0.29) is 5.91 Å². The van der Waals surface area contributed by atoms with Crippen LogP contribution in [0.1, 0.15) is 30.4 Å². The van der Waals surface area contributed by atoms with Gasteiger partial charge in [-0.2, -0.15) is 0 Å². The molecule has 0 radical (unpaired) electrons. The van der Waals surface area contributed by atoms with Gasteiger partial charge in [0.2, 0.25) is 5.91 Å². The van der Waals surface area contributed by atoms with Gasteiger partial charge in [-0.05, 0) is 18.1 Å². The molecule has 2 heterocycles. The van der Waals surface area contributed by atoms with Gasteiger partial charge in [-0.25, -0.2) is 4.79 Å². The van der Waals surface area contributed by atoms with Gasteiger partial charge in [0.05, 0.1) is 13.7 Å². The first-order valence-electron chi connectivity index (χ1n) is 9.27. The molecule has 1 fully saturated rings. The van der Waals surface area contributed by atoms with Crippen molar-refractivity contribution in [2.45, 2.75) is 38.3 Å². The molecule has 0 bridgehead atoms. The van der Waals surface area contributed by atoms with Crippen LogP contribution < -0.4 is 0 Å². The number of rotatable bonds is 5. The van der Waals surface area contributed by atoms with E-state index in [2.05, 4.69) is 29.1 Å². The van der Waals surface area contributed by atoms with Crippen LogP contribution in [-0.2, 0) is 25.7 Å². The third-order valence-electron chi connectivity index (χ3n) is 5.48. The van der Waals surface area contributed by atoms with Crippen molar-refractivity contribution in [1.82, 2.24) is 9.80 Å². The highest BCUT2D eigenvalue weighted by Crippen LogP contribution is 2.34. The zero-order valence-corrected chi connectivity index (χ0v) is 16.2. The highest BCUT2D eigenvalue weighted by molar-refractivity contribution is 6.36. The molecule has 0 atom stereocenters. The highest BCUT2D eigenvalue weighted by Gasteiger charge is 2.44. The molecule has 3 rings (SSSR count). The van der Waals surface area contributed by atoms with Crippen molar-refractivity contribution in [2.75, 3.05) is 33.8 Å². The molecule has 1 aromatic rings. The molecule has 0 N–H and O–H groups in total. The summed E-state index contributed by atoms with van der Waals surface area (Å²) in [4.78, 5) is 33.7. The van der Waals surface area contributed by atoms with Gasteiger partial charge in [0.1, 0.15) is 5.60 Å². The van der Waals surface area contributed by atoms with Gasteiger partial charge in [-0.3, -0.25) is 9.69 Å². The van der Waals surface area contributed by atoms with E-state index in [9.17, 15) is 9.59 Å². The van der Waals surface area contributed by atoms with Crippen molar-refractivity contribution in [3.63, 3.8) is 0 Å². The lowest BCUT2D eigenvalue weighted by Crippen LogP contribution is -2.48. The van der Waals surface area contributed by atoms with E-state index in [0.717, 1.165) is 31.5 Å². The van der Waals surface area contributed by atoms with E-state index in [1.807, 2.05) is 19.2 Å². The number of hydrogen-bond acceptors (Lipinski definition) is 6. The smallest absolute Gasteiger partial charge is 0.355 e. The first-order valence-corrected chi connectivity index (χ1v) is 9.27. The van der Waals surface area contributed by atoms with Gasteiger partial charge in [-0.1, -0.05) is 29.4 Å². The van der Waals surface area contributed by atoms with Gasteiger partial charge in [0, 0.05) is 45.9 Å². The number of oxime groups is 1. The second kappa shape index (κ2) is 8.08. The predicted molar refractivity (Wildman–Crippen MR) is 101 cm³/mol. The normalized spacial score (nSPS) is 18.7. The summed E-state index contributed by atoms with van der Waals surface area (Å²) < 4.78 is 4.72. The molecule has 0 aliphatic carbocycles. The van der Waals surface area contributed by atoms with Crippen molar-refractivity contribution in [3.05, 3.63) is 35.4 Å². The minimum atomic E-state index is -0.428. The molecule has 1 amide bonds. The van der Waals surface area contributed by atoms with Gasteiger partial charge in [-0.15, -0.1) is 0 Å². The Labute approximate surface area is 159 Å². The molecular formula is C20H27N3O4. The van der Waals surface area contributed by atoms with E-state index in [1.54, 1.807) is 4.90 Å². The largest absolute Gasteiger partial charge is 0.464 e. The van der Waals surface area contributed by atoms with Gasteiger partial charge >= 0.3 is 5.97 Å². The Hall–Kier alpha value is -2.41. The lowest BCUT2D eigenvalue weighted by molar-refractivity contribution is -0.133. The lowest BCUT2D eigenvalue weighted by Gasteiger charge is -2.37. The number of benzene rings is 1. The summed E-state index contributed by atoms with van der Waals surface area (Å²) in [5, 5.41) is 3.90. The maximum absolute atomic E-state index is 12.6. The number of nitrogens with zero attached hydrogens (tertiary/aromatic N) is 3. The Morgan fingerprint density at radius 1 is 1.30 bits per heavy atom. The highest BCUT2D eigenvalue weighted by atomic mass is 16.7. The van der Waals surface area contributed by atoms with Crippen molar-refractivity contribution >= 4 is 17.6 Å². The van der Waals surface area contributed by atoms with Crippen LogP contribution in [0.4, 0.5) is 0 Å². The summed E-state index contributed by atoms with van der Waals surface area (Å²) in [5.41, 5.74) is 2.28. The first kappa shape index (κ1) is 19.4. The fourth-order valence-electron chi connectivity index (χ4n) is 3.58. The molecular weight excluding hydrogens is 346 g/mol. The molecule has 27 heavy (non-hydrogen) atoms. The van der Waals surface area contributed by atoms with Crippen LogP contribution in [0.3, 0.4) is 0 Å². The summed E-state index contributed by atoms with van der Waals surface area (Å²) in [5.74, 6) is -0.324. The first-order chi connectivity index (χ1) is 12.9. The molecule has 2 aliphatic heterocycles. The maximum Gasteiger partial charge on any atom is 0.355 e. The fourth-order valence-corrected chi connectivity index (χ4v) is 3.58. The fraction of sp³-hybridized carbons (Fsp3) is 0.550. The molecule has 7 heteroatoms. The molecule has 7 nitrogen and oxygen atoms in total. The van der Waals surface area contributed by atoms with E-state index in [1.165, 1.54) is 12.7 Å². The van der Waals surface area contributed by atoms with Crippen LogP contribution in [0.2, 0.25) is 0 Å². The Bertz CT molecular complexity index is 738. The minimum absolute atomic E-state index is 0.105. The number of hydrogen-bond donors (Lipinski definition) is 0. The molecule has 2 aliphatic rings. The van der Waals surface area contributed by atoms with Gasteiger partial charge in [0.25, 0.3) is 0 Å². The van der Waals surface area contributed by atoms with Crippen molar-refractivity contribution in [1.29, 1.82) is 0 Å². The van der Waals surface area contributed by atoms with Crippen LogP contribution >= 0.6 is 0 Å². The van der Waals surface area contributed by atoms with Gasteiger partial charge in [0.15, 0.2) is 5.71 Å². The number of amides is 1. The van der Waals surface area contributed by atoms with Crippen LogP contribution in [0.15, 0.2) is 29.4 Å². The molecule has 1 saturated heterocycles. The van der Waals surface area contributed by atoms with Crippen molar-refractivity contribution in [3.8, 4) is 0 Å². The second-order valence-corrected chi connectivity index (χ2v) is 7.43. The topological polar surface area (TPSA) is 71.4 Å². The van der Waals surface area contributed by atoms with E-state index < -0.39 is 11.6 Å². The average Bonchev–Trinajstić information content (AvgIpc) is 3.08. The number of likely N-dealkylation sites (tertiary alicyclic amines) is 1. The summed E-state index contributed by atoms with van der Waals surface area (Å²) >= 11 is 0. The number of carbonyl (C=O) groups is 2. The molecule has 0 aromatic heterocycles. The van der Waals surface area contributed by atoms with E-state index in [4.69, 9.17) is 9.57 Å². The number of ether oxygens (including phenoxy) is 1. The lowest BCUT2D eigenvalue weighted by atomic mass is 9.87. The third-order valence-corrected chi connectivity index (χ3v) is 5.48. The van der Waals surface area contributed by atoms with Crippen LogP contribution in [0.25, 0.3) is 0 Å². The maximum atomic E-state index is 12.6. The Balaban J connectivity index is 1.47. The average molecular weight is 373 g/mol. The number of methoxy groups -OCH3 is 1. The SMILES string of the molecule is COC(=O)C1=NOC2(CCN(CC(=O)N(C)Cc3ccccc3C)CC2)C1. The molecule has 0 saturated carbocycles. The molecule has 1 aromatic carbocycles. The second-order valence-electron chi connectivity index (χ2n) is 7.43. The van der Waals surface area contributed by atoms with Crippen molar-refractivity contribution < 1.29 is 19.2 Å². The summed E-state index contributed by atoms with van der Waals surface area (Å²) in [6, 6.07) is 8.12. The van der Waals surface area contributed by atoms with E-state index >= 15 is 0 Å². The predicted octanol–water partition coefficient (Wildman–Crippen LogP) is 1.74. The standard InChI is InChI=1S/C20H27N3O4/c1-15-6-4-5-7-16(15)13-22(2)18(24)14-23-10-8-20(9-11-23)12-17(21-27-20)19(25)26-3/h4-7H,8-14H2,1-3H3. The summed E-state index contributed by atoms with van der Waals surface area (Å²) in [6.45, 7) is 4.55. The Kier molecular flexibility index (Phi) is 5.79. The van der Waals surface area contributed by atoms with Crippen LogP contribution in [0, 0.1) is 6.92 Å². The summed E-state index contributed by atoms with van der Waals surface area (Å²) in [7, 11) is 3.19. The number of esters is 1. The number of carbonyl (C=O) groups excluding carboxylic acids is 2. The van der Waals surface area contributed by atoms with E-state index in [0.29, 0.717) is 25.2 Å². The van der Waals surface area contributed by atoms with Crippen LogP contribution in [0.5, 0.6) is 0 Å². The summed E-state index contributed by atoms with van der Waals surface area (Å²) in [6.07, 6.45) is 1.96.